The number of nitrogens with zero attached hydrogens (tertiary/aromatic N) is 1. The molecule has 0 saturated heterocycles. The van der Waals surface area contributed by atoms with Gasteiger partial charge < -0.3 is 19.7 Å². The second kappa shape index (κ2) is 7.77. The minimum atomic E-state index is -0.621. The van der Waals surface area contributed by atoms with E-state index < -0.39 is 11.4 Å². The summed E-state index contributed by atoms with van der Waals surface area (Å²) in [5, 5.41) is 11.7. The average Bonchev–Trinajstić information content (AvgIpc) is 2.83. The molecule has 2 aromatic carbocycles. The van der Waals surface area contributed by atoms with E-state index in [4.69, 9.17) is 14.7 Å². The number of rotatable bonds is 3. The molecule has 148 valence electrons. The summed E-state index contributed by atoms with van der Waals surface area (Å²) in [4.78, 5) is 26.3. The number of carbonyl (C=O) groups is 2. The predicted octanol–water partition coefficient (Wildman–Crippen LogP) is 3.02. The van der Waals surface area contributed by atoms with Crippen LogP contribution >= 0.6 is 0 Å². The highest BCUT2D eigenvalue weighted by Gasteiger charge is 2.35. The lowest BCUT2D eigenvalue weighted by molar-refractivity contribution is 0.0706. The number of hydrogen-bond donors (Lipinski definition) is 3. The van der Waals surface area contributed by atoms with Crippen LogP contribution in [-0.4, -0.2) is 41.3 Å². The molecule has 0 spiro atoms. The number of benzene rings is 2. The Morgan fingerprint density at radius 3 is 2.54 bits per heavy atom. The van der Waals surface area contributed by atoms with Crippen LogP contribution in [0, 0.1) is 0 Å². The first kappa shape index (κ1) is 19.5. The van der Waals surface area contributed by atoms with Crippen molar-refractivity contribution in [3.8, 4) is 11.5 Å². The van der Waals surface area contributed by atoms with E-state index in [0.717, 1.165) is 5.56 Å². The van der Waals surface area contributed by atoms with Crippen molar-refractivity contribution in [1.29, 1.82) is 0 Å². The first-order chi connectivity index (χ1) is 13.3. The SMILES string of the molecule is COc1ccc(NC(=O)N2Cc3ccc(C(=O)NO)cc3OCC2(C)C)cc1. The minimum absolute atomic E-state index is 0.250. The second-order valence-corrected chi connectivity index (χ2v) is 7.11. The van der Waals surface area contributed by atoms with Gasteiger partial charge in [-0.1, -0.05) is 6.07 Å². The van der Waals surface area contributed by atoms with Crippen LogP contribution in [0.3, 0.4) is 0 Å². The highest BCUT2D eigenvalue weighted by atomic mass is 16.5. The number of carbonyl (C=O) groups excluding carboxylic acids is 2. The fourth-order valence-corrected chi connectivity index (χ4v) is 2.95. The van der Waals surface area contributed by atoms with Crippen molar-refractivity contribution >= 4 is 17.6 Å². The van der Waals surface area contributed by atoms with Crippen molar-refractivity contribution in [2.45, 2.75) is 25.9 Å². The molecular formula is C20H23N3O5. The average molecular weight is 385 g/mol. The van der Waals surface area contributed by atoms with Crippen LogP contribution < -0.4 is 20.3 Å². The zero-order valence-electron chi connectivity index (χ0n) is 16.0. The lowest BCUT2D eigenvalue weighted by atomic mass is 10.0. The zero-order chi connectivity index (χ0) is 20.3. The third-order valence-corrected chi connectivity index (χ3v) is 4.66. The molecule has 3 amide bonds. The number of nitrogens with one attached hydrogen (secondary N) is 2. The third kappa shape index (κ3) is 4.01. The number of fused-ring (bicyclic) bond motifs is 1. The van der Waals surface area contributed by atoms with E-state index in [9.17, 15) is 9.59 Å². The second-order valence-electron chi connectivity index (χ2n) is 7.11. The van der Waals surface area contributed by atoms with E-state index in [1.54, 1.807) is 60.0 Å². The monoisotopic (exact) mass is 385 g/mol. The Morgan fingerprint density at radius 2 is 1.89 bits per heavy atom. The van der Waals surface area contributed by atoms with Crippen LogP contribution in [0.1, 0.15) is 29.8 Å². The molecule has 0 aromatic heterocycles. The highest BCUT2D eigenvalue weighted by Crippen LogP contribution is 2.31. The summed E-state index contributed by atoms with van der Waals surface area (Å²) in [5.74, 6) is 0.594. The van der Waals surface area contributed by atoms with Gasteiger partial charge in [-0.3, -0.25) is 10.0 Å². The first-order valence-corrected chi connectivity index (χ1v) is 8.77. The smallest absolute Gasteiger partial charge is 0.322 e. The summed E-state index contributed by atoms with van der Waals surface area (Å²) in [6, 6.07) is 11.7. The van der Waals surface area contributed by atoms with Gasteiger partial charge in [0.1, 0.15) is 18.1 Å². The van der Waals surface area contributed by atoms with Gasteiger partial charge in [-0.15, -0.1) is 0 Å². The number of methoxy groups -OCH3 is 1. The molecule has 1 aliphatic heterocycles. The standard InChI is InChI=1S/C20H23N3O5/c1-20(2)12-28-17-10-13(18(24)22-26)4-5-14(17)11-23(20)19(25)21-15-6-8-16(27-3)9-7-15/h4-10,26H,11-12H2,1-3H3,(H,21,25)(H,22,24). The number of hydroxylamine groups is 1. The van der Waals surface area contributed by atoms with Crippen LogP contribution in [-0.2, 0) is 6.54 Å². The first-order valence-electron chi connectivity index (χ1n) is 8.77. The lowest BCUT2D eigenvalue weighted by Crippen LogP contribution is -2.51. The molecule has 8 heteroatoms. The quantitative estimate of drug-likeness (QED) is 0.557. The summed E-state index contributed by atoms with van der Waals surface area (Å²) < 4.78 is 11.0. The normalized spacial score (nSPS) is 14.9. The number of ether oxygens (including phenoxy) is 2. The summed E-state index contributed by atoms with van der Waals surface area (Å²) in [5.41, 5.74) is 2.71. The summed E-state index contributed by atoms with van der Waals surface area (Å²) in [6.07, 6.45) is 0. The molecule has 2 aromatic rings. The van der Waals surface area contributed by atoms with Crippen molar-refractivity contribution in [1.82, 2.24) is 10.4 Å². The maximum Gasteiger partial charge on any atom is 0.322 e. The van der Waals surface area contributed by atoms with E-state index in [2.05, 4.69) is 5.32 Å². The van der Waals surface area contributed by atoms with Crippen molar-refractivity contribution < 1.29 is 24.3 Å². The highest BCUT2D eigenvalue weighted by molar-refractivity contribution is 5.94. The number of anilines is 1. The number of urea groups is 1. The van der Waals surface area contributed by atoms with E-state index in [1.807, 2.05) is 13.8 Å². The molecule has 3 rings (SSSR count). The van der Waals surface area contributed by atoms with Gasteiger partial charge >= 0.3 is 6.03 Å². The van der Waals surface area contributed by atoms with Gasteiger partial charge in [0.25, 0.3) is 5.91 Å². The summed E-state index contributed by atoms with van der Waals surface area (Å²) >= 11 is 0. The maximum atomic E-state index is 13.0. The van der Waals surface area contributed by atoms with Crippen LogP contribution in [0.15, 0.2) is 42.5 Å². The predicted molar refractivity (Wildman–Crippen MR) is 103 cm³/mol. The molecule has 8 nitrogen and oxygen atoms in total. The van der Waals surface area contributed by atoms with Gasteiger partial charge in [-0.2, -0.15) is 0 Å². The Kier molecular flexibility index (Phi) is 5.41. The van der Waals surface area contributed by atoms with Gasteiger partial charge in [0, 0.05) is 16.8 Å². The third-order valence-electron chi connectivity index (χ3n) is 4.66. The molecule has 1 aliphatic rings. The minimum Gasteiger partial charge on any atom is -0.497 e. The van der Waals surface area contributed by atoms with Crippen molar-refractivity contribution in [2.24, 2.45) is 0 Å². The molecular weight excluding hydrogens is 362 g/mol. The van der Waals surface area contributed by atoms with Gasteiger partial charge in [0.15, 0.2) is 0 Å². The fourth-order valence-electron chi connectivity index (χ4n) is 2.95. The molecule has 1 heterocycles. The largest absolute Gasteiger partial charge is 0.497 e. The number of amides is 3. The van der Waals surface area contributed by atoms with Gasteiger partial charge in [0.2, 0.25) is 0 Å². The zero-order valence-corrected chi connectivity index (χ0v) is 16.0. The topological polar surface area (TPSA) is 100 Å². The Balaban J connectivity index is 1.83. The summed E-state index contributed by atoms with van der Waals surface area (Å²) in [6.45, 7) is 4.38. The summed E-state index contributed by atoms with van der Waals surface area (Å²) in [7, 11) is 1.58. The van der Waals surface area contributed by atoms with Crippen molar-refractivity contribution in [2.75, 3.05) is 19.0 Å². The van der Waals surface area contributed by atoms with Gasteiger partial charge in [-0.25, -0.2) is 10.3 Å². The van der Waals surface area contributed by atoms with Crippen molar-refractivity contribution in [3.05, 3.63) is 53.6 Å². The molecule has 0 fully saturated rings. The van der Waals surface area contributed by atoms with Gasteiger partial charge in [-0.05, 0) is 50.2 Å². The Labute approximate surface area is 163 Å². The van der Waals surface area contributed by atoms with Crippen molar-refractivity contribution in [3.63, 3.8) is 0 Å². The molecule has 0 radical (unpaired) electrons. The van der Waals surface area contributed by atoms with E-state index in [-0.39, 0.29) is 18.2 Å². The molecule has 0 bridgehead atoms. The Bertz CT molecular complexity index is 880. The molecule has 0 unspecified atom stereocenters. The van der Waals surface area contributed by atoms with Crippen LogP contribution in [0.25, 0.3) is 0 Å². The molecule has 0 aliphatic carbocycles. The maximum absolute atomic E-state index is 13.0. The molecule has 3 N–H and O–H groups in total. The van der Waals surface area contributed by atoms with Crippen LogP contribution in [0.4, 0.5) is 10.5 Å². The fraction of sp³-hybridized carbons (Fsp3) is 0.300. The Hall–Kier alpha value is -3.26. The molecule has 0 atom stereocenters. The lowest BCUT2D eigenvalue weighted by Gasteiger charge is -2.36. The van der Waals surface area contributed by atoms with Gasteiger partial charge in [0.05, 0.1) is 19.2 Å². The molecule has 0 saturated carbocycles. The van der Waals surface area contributed by atoms with E-state index in [1.165, 1.54) is 0 Å². The Morgan fingerprint density at radius 1 is 1.18 bits per heavy atom. The van der Waals surface area contributed by atoms with Crippen LogP contribution in [0.5, 0.6) is 11.5 Å². The molecule has 28 heavy (non-hydrogen) atoms. The number of hydrogen-bond acceptors (Lipinski definition) is 5. The van der Waals surface area contributed by atoms with E-state index in [0.29, 0.717) is 23.7 Å². The van der Waals surface area contributed by atoms with Crippen LogP contribution in [0.2, 0.25) is 0 Å². The van der Waals surface area contributed by atoms with E-state index >= 15 is 0 Å².